The van der Waals surface area contributed by atoms with Crippen LogP contribution in [0.1, 0.15) is 30.2 Å². The molecule has 7 nitrogen and oxygen atoms in total. The van der Waals surface area contributed by atoms with Crippen LogP contribution >= 0.6 is 0 Å². The van der Waals surface area contributed by atoms with Gasteiger partial charge in [-0.1, -0.05) is 30.3 Å². The average molecular weight is 371 g/mol. The molecule has 28 heavy (non-hydrogen) atoms. The van der Waals surface area contributed by atoms with Gasteiger partial charge < -0.3 is 14.0 Å². The van der Waals surface area contributed by atoms with Crippen molar-refractivity contribution in [3.63, 3.8) is 0 Å². The molecule has 0 saturated carbocycles. The molecule has 3 heterocycles. The largest absolute Gasteiger partial charge is 0.447 e. The first-order chi connectivity index (χ1) is 13.4. The van der Waals surface area contributed by atoms with E-state index < -0.39 is 34.5 Å². The van der Waals surface area contributed by atoms with Gasteiger partial charge in [-0.2, -0.15) is 15.8 Å². The molecule has 2 aliphatic heterocycles. The van der Waals surface area contributed by atoms with Crippen LogP contribution in [-0.4, -0.2) is 16.3 Å². The Morgan fingerprint density at radius 3 is 2.25 bits per heavy atom. The van der Waals surface area contributed by atoms with Crippen molar-refractivity contribution < 1.29 is 9.47 Å². The molecule has 138 valence electrons. The van der Waals surface area contributed by atoms with E-state index in [0.717, 1.165) is 0 Å². The molecule has 0 aliphatic carbocycles. The van der Waals surface area contributed by atoms with E-state index in [1.807, 2.05) is 6.07 Å². The van der Waals surface area contributed by atoms with Gasteiger partial charge in [-0.3, -0.25) is 5.41 Å². The predicted molar refractivity (Wildman–Crippen MR) is 97.3 cm³/mol. The Kier molecular flexibility index (Phi) is 3.62. The molecule has 1 aromatic carbocycles. The molecule has 4 atom stereocenters. The third-order valence-electron chi connectivity index (χ3n) is 5.90. The van der Waals surface area contributed by atoms with Gasteiger partial charge in [0.1, 0.15) is 6.10 Å². The second kappa shape index (κ2) is 5.70. The molecule has 0 spiro atoms. The molecule has 4 unspecified atom stereocenters. The third kappa shape index (κ3) is 1.85. The molecule has 1 N–H and O–H groups in total. The Morgan fingerprint density at radius 2 is 1.71 bits per heavy atom. The lowest BCUT2D eigenvalue weighted by Gasteiger charge is -2.48. The van der Waals surface area contributed by atoms with Gasteiger partial charge in [0.25, 0.3) is 0 Å². The number of aryl methyl sites for hydroxylation is 1. The second-order valence-electron chi connectivity index (χ2n) is 7.28. The Labute approximate surface area is 162 Å². The summed E-state index contributed by atoms with van der Waals surface area (Å²) in [5, 5.41) is 39.3. The minimum absolute atomic E-state index is 0.411. The van der Waals surface area contributed by atoms with E-state index in [1.165, 1.54) is 0 Å². The molecule has 0 radical (unpaired) electrons. The molecule has 2 bridgehead atoms. The van der Waals surface area contributed by atoms with Crippen LogP contribution in [0.4, 0.5) is 0 Å². The molecular formula is C21H17N5O2. The highest BCUT2D eigenvalue weighted by atomic mass is 16.7. The molecule has 7 heteroatoms. The summed E-state index contributed by atoms with van der Waals surface area (Å²) in [5.74, 6) is -2.60. The van der Waals surface area contributed by atoms with E-state index in [0.29, 0.717) is 11.3 Å². The van der Waals surface area contributed by atoms with E-state index in [1.54, 1.807) is 61.1 Å². The number of nitriles is 3. The predicted octanol–water partition coefficient (Wildman–Crippen LogP) is 3.15. The lowest BCUT2D eigenvalue weighted by molar-refractivity contribution is -0.255. The van der Waals surface area contributed by atoms with Gasteiger partial charge >= 0.3 is 0 Å². The first kappa shape index (κ1) is 17.8. The SMILES string of the molecule is Cn1cccc1C1OC2(C)OC(=N)C(C#N)(C2c2ccccc2)C1(C#N)C#N. The van der Waals surface area contributed by atoms with Crippen LogP contribution in [0.2, 0.25) is 0 Å². The molecular weight excluding hydrogens is 354 g/mol. The second-order valence-corrected chi connectivity index (χ2v) is 7.28. The van der Waals surface area contributed by atoms with Gasteiger partial charge in [0.2, 0.25) is 17.1 Å². The van der Waals surface area contributed by atoms with Crippen LogP contribution in [0, 0.1) is 50.2 Å². The van der Waals surface area contributed by atoms with Gasteiger partial charge in [-0.05, 0) is 17.7 Å². The third-order valence-corrected chi connectivity index (χ3v) is 5.90. The monoisotopic (exact) mass is 371 g/mol. The van der Waals surface area contributed by atoms with Gasteiger partial charge in [0, 0.05) is 25.9 Å². The zero-order chi connectivity index (χ0) is 20.2. The summed E-state index contributed by atoms with van der Waals surface area (Å²) >= 11 is 0. The van der Waals surface area contributed by atoms with Gasteiger partial charge in [0.15, 0.2) is 5.41 Å². The Hall–Kier alpha value is -3.60. The van der Waals surface area contributed by atoms with Crippen molar-refractivity contribution in [2.24, 2.45) is 17.9 Å². The average Bonchev–Trinajstić information content (AvgIpc) is 3.19. The number of hydrogen-bond acceptors (Lipinski definition) is 6. The van der Waals surface area contributed by atoms with Crippen molar-refractivity contribution >= 4 is 5.90 Å². The van der Waals surface area contributed by atoms with Crippen molar-refractivity contribution in [1.82, 2.24) is 4.57 Å². The number of hydrogen-bond donors (Lipinski definition) is 1. The van der Waals surface area contributed by atoms with E-state index in [2.05, 4.69) is 18.2 Å². The first-order valence-corrected chi connectivity index (χ1v) is 8.76. The van der Waals surface area contributed by atoms with Crippen molar-refractivity contribution in [3.8, 4) is 18.2 Å². The van der Waals surface area contributed by atoms with Crippen LogP contribution in [0.5, 0.6) is 0 Å². The van der Waals surface area contributed by atoms with Gasteiger partial charge in [-0.15, -0.1) is 0 Å². The summed E-state index contributed by atoms with van der Waals surface area (Å²) in [6.45, 7) is 1.66. The Morgan fingerprint density at radius 1 is 1.04 bits per heavy atom. The van der Waals surface area contributed by atoms with Crippen LogP contribution in [0.15, 0.2) is 48.7 Å². The highest BCUT2D eigenvalue weighted by Gasteiger charge is 2.80. The molecule has 4 rings (SSSR count). The minimum Gasteiger partial charge on any atom is -0.447 e. The number of nitrogens with zero attached hydrogens (tertiary/aromatic N) is 4. The highest BCUT2D eigenvalue weighted by molar-refractivity contribution is 5.90. The fourth-order valence-corrected chi connectivity index (χ4v) is 4.64. The number of rotatable bonds is 2. The van der Waals surface area contributed by atoms with Crippen LogP contribution < -0.4 is 0 Å². The smallest absolute Gasteiger partial charge is 0.219 e. The Balaban J connectivity index is 2.07. The van der Waals surface area contributed by atoms with Gasteiger partial charge in [-0.25, -0.2) is 0 Å². The van der Waals surface area contributed by atoms with E-state index in [4.69, 9.17) is 14.9 Å². The standard InChI is InChI=1S/C21H17N5O2/c1-19-16(14-7-4-3-5-8-14)21(13-24,18(25)28-19)20(11-22,12-23)17(27-19)15-9-6-10-26(15)2/h3-10,16-17,25H,1-2H3. The molecule has 2 saturated heterocycles. The summed E-state index contributed by atoms with van der Waals surface area (Å²) in [5.41, 5.74) is -2.55. The number of ether oxygens (including phenoxy) is 2. The van der Waals surface area contributed by atoms with Gasteiger partial charge in [0.05, 0.1) is 24.1 Å². The fourth-order valence-electron chi connectivity index (χ4n) is 4.64. The van der Waals surface area contributed by atoms with Crippen molar-refractivity contribution in [3.05, 3.63) is 59.9 Å². The number of fused-ring (bicyclic) bond motifs is 2. The molecule has 2 fully saturated rings. The number of benzene rings is 1. The Bertz CT molecular complexity index is 1070. The topological polar surface area (TPSA) is 119 Å². The van der Waals surface area contributed by atoms with E-state index in [-0.39, 0.29) is 0 Å². The molecule has 2 aliphatic rings. The minimum atomic E-state index is -1.97. The quantitative estimate of drug-likeness (QED) is 0.870. The maximum atomic E-state index is 10.3. The summed E-state index contributed by atoms with van der Waals surface area (Å²) in [7, 11) is 1.77. The zero-order valence-electron chi connectivity index (χ0n) is 15.4. The van der Waals surface area contributed by atoms with E-state index in [9.17, 15) is 15.8 Å². The van der Waals surface area contributed by atoms with Crippen molar-refractivity contribution in [2.45, 2.75) is 24.7 Å². The molecule has 1 aromatic heterocycles. The molecule has 2 aromatic rings. The van der Waals surface area contributed by atoms with E-state index >= 15 is 0 Å². The number of nitrogens with one attached hydrogen (secondary N) is 1. The van der Waals surface area contributed by atoms with Crippen LogP contribution in [0.25, 0.3) is 0 Å². The first-order valence-electron chi connectivity index (χ1n) is 8.76. The molecule has 0 amide bonds. The summed E-state index contributed by atoms with van der Waals surface area (Å²) in [4.78, 5) is 0. The van der Waals surface area contributed by atoms with Crippen LogP contribution in [-0.2, 0) is 16.5 Å². The van der Waals surface area contributed by atoms with Crippen molar-refractivity contribution in [1.29, 1.82) is 21.2 Å². The summed E-state index contributed by atoms with van der Waals surface area (Å²) in [6, 6.07) is 18.8. The zero-order valence-corrected chi connectivity index (χ0v) is 15.4. The fraction of sp³-hybridized carbons (Fsp3) is 0.333. The lowest BCUT2D eigenvalue weighted by Crippen LogP contribution is -2.57. The van der Waals surface area contributed by atoms with Crippen molar-refractivity contribution in [2.75, 3.05) is 0 Å². The summed E-state index contributed by atoms with van der Waals surface area (Å²) in [6.07, 6.45) is 0.715. The maximum absolute atomic E-state index is 10.3. The summed E-state index contributed by atoms with van der Waals surface area (Å²) < 4.78 is 13.8. The van der Waals surface area contributed by atoms with Crippen LogP contribution in [0.3, 0.4) is 0 Å². The lowest BCUT2D eigenvalue weighted by atomic mass is 9.52. The number of aromatic nitrogens is 1. The highest BCUT2D eigenvalue weighted by Crippen LogP contribution is 2.69. The normalized spacial score (nSPS) is 32.6. The maximum Gasteiger partial charge on any atom is 0.219 e.